The third-order valence-electron chi connectivity index (χ3n) is 11.4. The van der Waals surface area contributed by atoms with Crippen LogP contribution in [0, 0.1) is 29.1 Å². The first-order valence-corrected chi connectivity index (χ1v) is 18.2. The van der Waals surface area contributed by atoms with Crippen LogP contribution in [-0.2, 0) is 19.1 Å². The molecule has 2 saturated carbocycles. The van der Waals surface area contributed by atoms with Crippen molar-refractivity contribution >= 4 is 56.4 Å². The molecule has 4 aliphatic rings. The number of fused-ring (bicyclic) bond motifs is 1. The summed E-state index contributed by atoms with van der Waals surface area (Å²) in [7, 11) is 0. The molecule has 1 aromatic heterocycles. The Balaban J connectivity index is 1.19. The van der Waals surface area contributed by atoms with Crippen molar-refractivity contribution in [3.05, 3.63) is 18.2 Å². The highest BCUT2D eigenvalue weighted by atomic mass is 32.1. The van der Waals surface area contributed by atoms with Gasteiger partial charge in [0.2, 0.25) is 11.8 Å². The van der Waals surface area contributed by atoms with Gasteiger partial charge in [0, 0.05) is 29.5 Å². The fourth-order valence-electron chi connectivity index (χ4n) is 8.75. The molecule has 1 aromatic carbocycles. The molecule has 0 spiro atoms. The molecule has 4 amide bonds. The number of primary amides is 1. The molecular weight excluding hydrogens is 637 g/mol. The number of hydrogen-bond donors (Lipinski definition) is 2. The maximum Gasteiger partial charge on any atom is 0.416 e. The van der Waals surface area contributed by atoms with Crippen LogP contribution in [-0.4, -0.2) is 71.9 Å². The average molecular weight is 686 g/mol. The van der Waals surface area contributed by atoms with Gasteiger partial charge in [0.05, 0.1) is 16.8 Å². The molecule has 2 aliphatic carbocycles. The topological polar surface area (TPSA) is 144 Å². The van der Waals surface area contributed by atoms with Crippen molar-refractivity contribution in [2.24, 2.45) is 34.8 Å². The maximum absolute atomic E-state index is 14.7. The highest BCUT2D eigenvalue weighted by Crippen LogP contribution is 2.48. The van der Waals surface area contributed by atoms with Gasteiger partial charge in [0.15, 0.2) is 5.13 Å². The normalized spacial score (nSPS) is 26.7. The van der Waals surface area contributed by atoms with Gasteiger partial charge in [-0.2, -0.15) is 0 Å². The fourth-order valence-corrected chi connectivity index (χ4v) is 9.77. The van der Waals surface area contributed by atoms with E-state index >= 15 is 0 Å². The summed E-state index contributed by atoms with van der Waals surface area (Å²) in [6.07, 6.45) is 7.08. The molecule has 3 atom stereocenters. The van der Waals surface area contributed by atoms with E-state index in [4.69, 9.17) is 15.2 Å². The Morgan fingerprint density at radius 3 is 2.42 bits per heavy atom. The van der Waals surface area contributed by atoms with Crippen molar-refractivity contribution in [3.63, 3.8) is 0 Å². The molecule has 6 rings (SSSR count). The highest BCUT2D eigenvalue weighted by Gasteiger charge is 2.54. The number of nitrogens with zero attached hydrogens (tertiary/aromatic N) is 3. The minimum absolute atomic E-state index is 0.0237. The number of benzene rings is 1. The number of thiazole rings is 1. The molecule has 0 unspecified atom stereocenters. The maximum atomic E-state index is 14.7. The lowest BCUT2D eigenvalue weighted by molar-refractivity contribution is -0.148. The molecular formula is C35H48FN5O6S. The Kier molecular flexibility index (Phi) is 9.88. The van der Waals surface area contributed by atoms with E-state index in [0.717, 1.165) is 42.3 Å². The highest BCUT2D eigenvalue weighted by molar-refractivity contribution is 7.22. The largest absolute Gasteiger partial charge is 0.447 e. The lowest BCUT2D eigenvalue weighted by atomic mass is 9.63. The first kappa shape index (κ1) is 34.4. The summed E-state index contributed by atoms with van der Waals surface area (Å²) in [5, 5.41) is 3.69. The zero-order valence-electron chi connectivity index (χ0n) is 28.2. The van der Waals surface area contributed by atoms with E-state index in [0.29, 0.717) is 62.1 Å². The number of carbonyl (C=O) groups excluding carboxylic acids is 4. The summed E-state index contributed by atoms with van der Waals surface area (Å²) in [5.41, 5.74) is 4.69. The van der Waals surface area contributed by atoms with Crippen molar-refractivity contribution in [2.45, 2.75) is 96.6 Å². The van der Waals surface area contributed by atoms with Crippen molar-refractivity contribution < 1.29 is 33.0 Å². The lowest BCUT2D eigenvalue weighted by Crippen LogP contribution is -2.56. The van der Waals surface area contributed by atoms with Crippen LogP contribution >= 0.6 is 11.3 Å². The van der Waals surface area contributed by atoms with Crippen LogP contribution in [0.5, 0.6) is 0 Å². The number of likely N-dealkylation sites (tertiary alicyclic amines) is 1. The second kappa shape index (κ2) is 13.8. The first-order valence-electron chi connectivity index (χ1n) is 17.4. The lowest BCUT2D eigenvalue weighted by Gasteiger charge is -2.49. The van der Waals surface area contributed by atoms with Gasteiger partial charge in [-0.15, -0.1) is 0 Å². The summed E-state index contributed by atoms with van der Waals surface area (Å²) in [5.74, 6) is -0.310. The van der Waals surface area contributed by atoms with Crippen molar-refractivity contribution in [2.75, 3.05) is 36.6 Å². The monoisotopic (exact) mass is 685 g/mol. The summed E-state index contributed by atoms with van der Waals surface area (Å²) in [6.45, 7) is 6.01. The van der Waals surface area contributed by atoms with Gasteiger partial charge in [-0.1, -0.05) is 64.2 Å². The van der Waals surface area contributed by atoms with Crippen LogP contribution in [0.3, 0.4) is 0 Å². The number of amides is 4. The van der Waals surface area contributed by atoms with Crippen LogP contribution < -0.4 is 16.0 Å². The third kappa shape index (κ3) is 6.58. The minimum Gasteiger partial charge on any atom is -0.447 e. The number of aromatic nitrogens is 1. The molecule has 13 heteroatoms. The van der Waals surface area contributed by atoms with Gasteiger partial charge in [-0.3, -0.25) is 9.59 Å². The predicted octanol–water partition coefficient (Wildman–Crippen LogP) is 6.64. The summed E-state index contributed by atoms with van der Waals surface area (Å²) in [6, 6.07) is 4.93. The van der Waals surface area contributed by atoms with Gasteiger partial charge in [0.25, 0.3) is 0 Å². The SMILES string of the molecule is CC(C)(C)[C@@](CF)(OC(N)=O)C1CCC(C(=O)N2CC[C@@H](C3CCCCC3)[C@H]2C(=O)Nc2ccc3nc(N4CCOC4=O)sc3c2)CC1. The molecule has 48 heavy (non-hydrogen) atoms. The van der Waals surface area contributed by atoms with E-state index in [9.17, 15) is 23.6 Å². The molecule has 3 heterocycles. The van der Waals surface area contributed by atoms with E-state index in [1.54, 1.807) is 0 Å². The van der Waals surface area contributed by atoms with Crippen LogP contribution in [0.15, 0.2) is 18.2 Å². The zero-order valence-corrected chi connectivity index (χ0v) is 29.0. The van der Waals surface area contributed by atoms with Crippen molar-refractivity contribution in [1.29, 1.82) is 0 Å². The van der Waals surface area contributed by atoms with E-state index < -0.39 is 35.9 Å². The second-order valence-electron chi connectivity index (χ2n) is 15.0. The summed E-state index contributed by atoms with van der Waals surface area (Å²) in [4.78, 5) is 60.3. The number of halogens is 1. The molecule has 2 saturated heterocycles. The van der Waals surface area contributed by atoms with Crippen LogP contribution in [0.25, 0.3) is 10.2 Å². The molecule has 2 aromatic rings. The van der Waals surface area contributed by atoms with E-state index in [1.807, 2.05) is 43.9 Å². The van der Waals surface area contributed by atoms with Crippen molar-refractivity contribution in [1.82, 2.24) is 9.88 Å². The molecule has 2 aliphatic heterocycles. The summed E-state index contributed by atoms with van der Waals surface area (Å²) >= 11 is 1.37. The second-order valence-corrected chi connectivity index (χ2v) is 16.0. The Bertz CT molecular complexity index is 1530. The number of carbonyl (C=O) groups is 4. The number of alkyl halides is 1. The van der Waals surface area contributed by atoms with Crippen LogP contribution in [0.1, 0.15) is 85.0 Å². The third-order valence-corrected chi connectivity index (χ3v) is 12.4. The Morgan fingerprint density at radius 2 is 1.79 bits per heavy atom. The van der Waals surface area contributed by atoms with Gasteiger partial charge in [-0.05, 0) is 62.1 Å². The number of hydrogen-bond acceptors (Lipinski definition) is 8. The minimum atomic E-state index is -1.37. The number of cyclic esters (lactones) is 1. The molecule has 0 bridgehead atoms. The van der Waals surface area contributed by atoms with Gasteiger partial charge >= 0.3 is 12.2 Å². The number of ether oxygens (including phenoxy) is 2. The summed E-state index contributed by atoms with van der Waals surface area (Å²) < 4.78 is 26.1. The number of nitrogens with one attached hydrogen (secondary N) is 1. The average Bonchev–Trinajstić information content (AvgIpc) is 3.81. The quantitative estimate of drug-likeness (QED) is 0.317. The van der Waals surface area contributed by atoms with Gasteiger partial charge in [-0.25, -0.2) is 23.9 Å². The predicted molar refractivity (Wildman–Crippen MR) is 181 cm³/mol. The van der Waals surface area contributed by atoms with Crippen molar-refractivity contribution in [3.8, 4) is 0 Å². The molecule has 11 nitrogen and oxygen atoms in total. The Hall–Kier alpha value is -3.48. The fraction of sp³-hybridized carbons (Fsp3) is 0.686. The Morgan fingerprint density at radius 1 is 1.06 bits per heavy atom. The molecule has 4 fully saturated rings. The van der Waals surface area contributed by atoms with E-state index in [1.165, 1.54) is 22.7 Å². The zero-order chi connectivity index (χ0) is 34.2. The number of anilines is 2. The smallest absolute Gasteiger partial charge is 0.416 e. The van der Waals surface area contributed by atoms with Gasteiger partial charge in [0.1, 0.15) is 24.9 Å². The molecule has 0 radical (unpaired) electrons. The molecule has 3 N–H and O–H groups in total. The van der Waals surface area contributed by atoms with E-state index in [-0.39, 0.29) is 29.6 Å². The number of rotatable bonds is 8. The van der Waals surface area contributed by atoms with E-state index in [2.05, 4.69) is 10.3 Å². The number of nitrogens with two attached hydrogens (primary N) is 1. The van der Waals surface area contributed by atoms with Gasteiger partial charge < -0.3 is 25.4 Å². The first-order chi connectivity index (χ1) is 22.9. The molecule has 262 valence electrons. The standard InChI is InChI=1S/C35H48FN5O6S/c1-34(2,3)35(20-36,47-31(37)44)23-11-9-22(10-12-23)30(43)40-16-15-25(21-7-5-4-6-8-21)28(40)29(42)38-24-13-14-26-27(19-24)48-32(39-26)41-17-18-46-33(41)45/h13-14,19,21-23,25,28H,4-12,15-18,20H2,1-3H3,(H2,37,44)(H,38,42)/t22?,23?,25-,28-,35-/m0/s1. The Labute approximate surface area is 285 Å². The van der Waals surface area contributed by atoms with Crippen LogP contribution in [0.2, 0.25) is 0 Å². The van der Waals surface area contributed by atoms with Crippen LogP contribution in [0.4, 0.5) is 24.8 Å².